The zero-order valence-electron chi connectivity index (χ0n) is 12.5. The van der Waals surface area contributed by atoms with Crippen molar-refractivity contribution in [3.63, 3.8) is 0 Å². The fraction of sp³-hybridized carbons (Fsp3) is 0.467. The number of rotatable bonds is 5. The van der Waals surface area contributed by atoms with E-state index in [1.54, 1.807) is 12.1 Å². The molecule has 2 amide bonds. The van der Waals surface area contributed by atoms with Gasteiger partial charge in [-0.25, -0.2) is 0 Å². The van der Waals surface area contributed by atoms with Crippen LogP contribution in [0.25, 0.3) is 0 Å². The summed E-state index contributed by atoms with van der Waals surface area (Å²) in [6.07, 6.45) is 0.222. The molecule has 0 spiro atoms. The maximum absolute atomic E-state index is 12.3. The maximum Gasteiger partial charge on any atom is 0.243 e. The van der Waals surface area contributed by atoms with Crippen LogP contribution in [0, 0.1) is 0 Å². The molecule has 1 aromatic carbocycles. The van der Waals surface area contributed by atoms with Crippen molar-refractivity contribution in [3.05, 3.63) is 18.2 Å². The maximum atomic E-state index is 12.3. The lowest BCUT2D eigenvalue weighted by Gasteiger charge is -2.19. The highest BCUT2D eigenvalue weighted by Gasteiger charge is 2.40. The van der Waals surface area contributed by atoms with E-state index in [0.717, 1.165) is 4.90 Å². The first-order valence-corrected chi connectivity index (χ1v) is 7.86. The van der Waals surface area contributed by atoms with Gasteiger partial charge in [0.15, 0.2) is 0 Å². The molecule has 0 aliphatic carbocycles. The summed E-state index contributed by atoms with van der Waals surface area (Å²) in [5.74, 6) is 0.458. The highest BCUT2D eigenvalue weighted by Crippen LogP contribution is 2.37. The summed E-state index contributed by atoms with van der Waals surface area (Å²) in [7, 11) is 0. The minimum atomic E-state index is -0.404. The molecular formula is C15H20N2O3S. The van der Waals surface area contributed by atoms with Crippen LogP contribution in [0.5, 0.6) is 5.75 Å². The summed E-state index contributed by atoms with van der Waals surface area (Å²) >= 11 is 1.33. The van der Waals surface area contributed by atoms with E-state index >= 15 is 0 Å². The Labute approximate surface area is 128 Å². The lowest BCUT2D eigenvalue weighted by Crippen LogP contribution is -2.37. The van der Waals surface area contributed by atoms with Crippen LogP contribution >= 0.6 is 11.8 Å². The number of nitrogens with zero attached hydrogens (tertiary/aromatic N) is 1. The van der Waals surface area contributed by atoms with Crippen molar-refractivity contribution in [1.29, 1.82) is 0 Å². The standard InChI is InChI=1S/C15H20N2O3S/c1-4-20-10-5-6-11(16)12(7-10)21-13-8-14(18)17(9(2)3)15(13)19/h5-7,9,13H,4,8,16H2,1-3H3. The van der Waals surface area contributed by atoms with Crippen molar-refractivity contribution in [3.8, 4) is 5.75 Å². The first-order valence-electron chi connectivity index (χ1n) is 6.99. The molecule has 1 saturated heterocycles. The van der Waals surface area contributed by atoms with Gasteiger partial charge in [0, 0.05) is 23.0 Å². The average molecular weight is 308 g/mol. The minimum absolute atomic E-state index is 0.109. The van der Waals surface area contributed by atoms with Gasteiger partial charge < -0.3 is 10.5 Å². The molecule has 0 bridgehead atoms. The lowest BCUT2D eigenvalue weighted by molar-refractivity contribution is -0.140. The molecule has 1 fully saturated rings. The Morgan fingerprint density at radius 2 is 2.14 bits per heavy atom. The Morgan fingerprint density at radius 1 is 1.43 bits per heavy atom. The van der Waals surface area contributed by atoms with Crippen LogP contribution in [0.4, 0.5) is 5.69 Å². The molecule has 0 saturated carbocycles. The predicted octanol–water partition coefficient (Wildman–Crippen LogP) is 2.30. The molecule has 2 rings (SSSR count). The Kier molecular flexibility index (Phi) is 4.77. The van der Waals surface area contributed by atoms with Crippen molar-refractivity contribution >= 4 is 29.3 Å². The second kappa shape index (κ2) is 6.39. The Bertz CT molecular complexity index is 560. The highest BCUT2D eigenvalue weighted by molar-refractivity contribution is 8.00. The number of carbonyl (C=O) groups excluding carboxylic acids is 2. The average Bonchev–Trinajstić information content (AvgIpc) is 2.68. The molecule has 0 radical (unpaired) electrons. The van der Waals surface area contributed by atoms with Crippen LogP contribution in [-0.2, 0) is 9.59 Å². The van der Waals surface area contributed by atoms with E-state index in [2.05, 4.69) is 0 Å². The fourth-order valence-corrected chi connectivity index (χ4v) is 3.42. The molecule has 114 valence electrons. The molecule has 1 aliphatic heterocycles. The number of thioether (sulfide) groups is 1. The van der Waals surface area contributed by atoms with Gasteiger partial charge in [-0.05, 0) is 39.0 Å². The van der Waals surface area contributed by atoms with Crippen molar-refractivity contribution in [2.45, 2.75) is 43.4 Å². The number of amides is 2. The number of nitrogen functional groups attached to an aromatic ring is 1. The Hall–Kier alpha value is -1.69. The zero-order chi connectivity index (χ0) is 15.6. The van der Waals surface area contributed by atoms with Crippen LogP contribution in [0.3, 0.4) is 0 Å². The molecule has 1 heterocycles. The zero-order valence-corrected chi connectivity index (χ0v) is 13.3. The van der Waals surface area contributed by atoms with Crippen molar-refractivity contribution in [2.24, 2.45) is 0 Å². The number of ether oxygens (including phenoxy) is 1. The lowest BCUT2D eigenvalue weighted by atomic mass is 10.3. The first-order chi connectivity index (χ1) is 9.93. The van der Waals surface area contributed by atoms with Gasteiger partial charge in [-0.3, -0.25) is 14.5 Å². The molecule has 6 heteroatoms. The number of anilines is 1. The summed E-state index contributed by atoms with van der Waals surface area (Å²) in [6.45, 7) is 6.15. The summed E-state index contributed by atoms with van der Waals surface area (Å²) < 4.78 is 5.44. The third-order valence-corrected chi connectivity index (χ3v) is 4.48. The second-order valence-corrected chi connectivity index (χ2v) is 6.38. The van der Waals surface area contributed by atoms with Gasteiger partial charge in [0.2, 0.25) is 11.8 Å². The molecule has 2 N–H and O–H groups in total. The molecule has 1 aromatic rings. The van der Waals surface area contributed by atoms with Gasteiger partial charge in [0.1, 0.15) is 5.75 Å². The summed E-state index contributed by atoms with van der Waals surface area (Å²) in [5, 5.41) is -0.404. The van der Waals surface area contributed by atoms with E-state index < -0.39 is 5.25 Å². The summed E-state index contributed by atoms with van der Waals surface area (Å²) in [5.41, 5.74) is 6.54. The van der Waals surface area contributed by atoms with Crippen molar-refractivity contribution in [2.75, 3.05) is 12.3 Å². The minimum Gasteiger partial charge on any atom is -0.494 e. The number of carbonyl (C=O) groups is 2. The van der Waals surface area contributed by atoms with Gasteiger partial charge in [-0.15, -0.1) is 11.8 Å². The number of imide groups is 1. The van der Waals surface area contributed by atoms with Crippen LogP contribution in [0.15, 0.2) is 23.1 Å². The molecule has 5 nitrogen and oxygen atoms in total. The molecule has 21 heavy (non-hydrogen) atoms. The molecular weight excluding hydrogens is 288 g/mol. The van der Waals surface area contributed by atoms with E-state index in [4.69, 9.17) is 10.5 Å². The Morgan fingerprint density at radius 3 is 2.71 bits per heavy atom. The number of hydrogen-bond donors (Lipinski definition) is 1. The third kappa shape index (κ3) is 3.32. The second-order valence-electron chi connectivity index (χ2n) is 5.14. The van der Waals surface area contributed by atoms with Crippen molar-refractivity contribution in [1.82, 2.24) is 4.90 Å². The quantitative estimate of drug-likeness (QED) is 0.667. The Balaban J connectivity index is 2.17. The first kappa shape index (κ1) is 15.7. The van der Waals surface area contributed by atoms with Crippen LogP contribution in [0.2, 0.25) is 0 Å². The number of benzene rings is 1. The van der Waals surface area contributed by atoms with Gasteiger partial charge in [0.05, 0.1) is 11.9 Å². The summed E-state index contributed by atoms with van der Waals surface area (Å²) in [6, 6.07) is 5.27. The monoisotopic (exact) mass is 308 g/mol. The SMILES string of the molecule is CCOc1ccc(N)c(SC2CC(=O)N(C(C)C)C2=O)c1. The normalized spacial score (nSPS) is 18.7. The summed E-state index contributed by atoms with van der Waals surface area (Å²) in [4.78, 5) is 26.3. The van der Waals surface area contributed by atoms with E-state index in [1.807, 2.05) is 26.8 Å². The number of likely N-dealkylation sites (tertiary alicyclic amines) is 1. The number of hydrogen-bond acceptors (Lipinski definition) is 5. The largest absolute Gasteiger partial charge is 0.494 e. The molecule has 1 unspecified atom stereocenters. The smallest absolute Gasteiger partial charge is 0.243 e. The molecule has 1 atom stereocenters. The van der Waals surface area contributed by atoms with E-state index in [1.165, 1.54) is 16.7 Å². The van der Waals surface area contributed by atoms with Crippen LogP contribution < -0.4 is 10.5 Å². The van der Waals surface area contributed by atoms with Crippen molar-refractivity contribution < 1.29 is 14.3 Å². The van der Waals surface area contributed by atoms with Gasteiger partial charge >= 0.3 is 0 Å². The van der Waals surface area contributed by atoms with E-state index in [-0.39, 0.29) is 24.3 Å². The fourth-order valence-electron chi connectivity index (χ4n) is 2.28. The van der Waals surface area contributed by atoms with E-state index in [0.29, 0.717) is 18.0 Å². The highest BCUT2D eigenvalue weighted by atomic mass is 32.2. The molecule has 0 aromatic heterocycles. The third-order valence-electron chi connectivity index (χ3n) is 3.22. The van der Waals surface area contributed by atoms with Gasteiger partial charge in [-0.1, -0.05) is 0 Å². The van der Waals surface area contributed by atoms with Crippen LogP contribution in [-0.4, -0.2) is 34.6 Å². The van der Waals surface area contributed by atoms with E-state index in [9.17, 15) is 9.59 Å². The predicted molar refractivity (Wildman–Crippen MR) is 83.3 cm³/mol. The van der Waals surface area contributed by atoms with Gasteiger partial charge in [-0.2, -0.15) is 0 Å². The van der Waals surface area contributed by atoms with Crippen LogP contribution in [0.1, 0.15) is 27.2 Å². The molecule has 1 aliphatic rings. The van der Waals surface area contributed by atoms with Gasteiger partial charge in [0.25, 0.3) is 0 Å². The number of nitrogens with two attached hydrogens (primary N) is 1. The topological polar surface area (TPSA) is 72.6 Å².